The summed E-state index contributed by atoms with van der Waals surface area (Å²) in [6.07, 6.45) is 2.61. The molecule has 1 aliphatic carbocycles. The first-order valence-electron chi connectivity index (χ1n) is 6.03. The molecule has 0 spiro atoms. The Balaban J connectivity index is 1.84. The molecule has 86 valence electrons. The summed E-state index contributed by atoms with van der Waals surface area (Å²) in [5.74, 6) is 1.81. The summed E-state index contributed by atoms with van der Waals surface area (Å²) in [7, 11) is 0. The Kier molecular flexibility index (Phi) is 2.48. The Bertz CT molecular complexity index is 388. The molecular weight excluding hydrogens is 202 g/mol. The van der Waals surface area contributed by atoms with E-state index in [1.807, 2.05) is 19.1 Å². The summed E-state index contributed by atoms with van der Waals surface area (Å²) in [6.45, 7) is 3.41. The van der Waals surface area contributed by atoms with Crippen LogP contribution in [0.3, 0.4) is 0 Å². The number of rotatable bonds is 4. The highest BCUT2D eigenvalue weighted by molar-refractivity contribution is 5.50. The van der Waals surface area contributed by atoms with Crippen LogP contribution in [0.25, 0.3) is 0 Å². The molecule has 1 N–H and O–H groups in total. The van der Waals surface area contributed by atoms with Crippen molar-refractivity contribution in [3.8, 4) is 11.5 Å². The van der Waals surface area contributed by atoms with Gasteiger partial charge in [-0.3, -0.25) is 0 Å². The second-order valence-electron chi connectivity index (χ2n) is 4.41. The lowest BCUT2D eigenvalue weighted by atomic mass is 10.1. The smallest absolute Gasteiger partial charge is 0.166 e. The fourth-order valence-corrected chi connectivity index (χ4v) is 2.16. The Morgan fingerprint density at radius 2 is 2.31 bits per heavy atom. The van der Waals surface area contributed by atoms with Crippen molar-refractivity contribution in [2.45, 2.75) is 31.8 Å². The summed E-state index contributed by atoms with van der Waals surface area (Å²) in [5.41, 5.74) is 1.25. The molecule has 0 radical (unpaired) electrons. The Morgan fingerprint density at radius 1 is 1.44 bits per heavy atom. The summed E-state index contributed by atoms with van der Waals surface area (Å²) in [6, 6.07) is 7.20. The fourth-order valence-electron chi connectivity index (χ4n) is 2.16. The highest BCUT2D eigenvalue weighted by atomic mass is 16.5. The van der Waals surface area contributed by atoms with Gasteiger partial charge in [-0.25, -0.2) is 0 Å². The predicted molar refractivity (Wildman–Crippen MR) is 62.0 cm³/mol. The van der Waals surface area contributed by atoms with Crippen LogP contribution in [-0.2, 0) is 0 Å². The Morgan fingerprint density at radius 3 is 3.06 bits per heavy atom. The van der Waals surface area contributed by atoms with Crippen LogP contribution in [0, 0.1) is 0 Å². The quantitative estimate of drug-likeness (QED) is 0.842. The fraction of sp³-hybridized carbons (Fsp3) is 0.538. The molecule has 1 aromatic carbocycles. The number of benzene rings is 1. The lowest BCUT2D eigenvalue weighted by Crippen LogP contribution is -2.24. The van der Waals surface area contributed by atoms with Crippen molar-refractivity contribution < 1.29 is 9.47 Å². The van der Waals surface area contributed by atoms with Gasteiger partial charge in [0.05, 0.1) is 12.6 Å². The van der Waals surface area contributed by atoms with Gasteiger partial charge in [-0.05, 0) is 25.8 Å². The van der Waals surface area contributed by atoms with Gasteiger partial charge in [-0.1, -0.05) is 12.1 Å². The van der Waals surface area contributed by atoms with Crippen LogP contribution in [0.1, 0.15) is 31.4 Å². The lowest BCUT2D eigenvalue weighted by molar-refractivity contribution is 0.281. The number of ether oxygens (including phenoxy) is 2. The zero-order chi connectivity index (χ0) is 11.0. The number of nitrogens with one attached hydrogen (secondary N) is 1. The monoisotopic (exact) mass is 219 g/mol. The van der Waals surface area contributed by atoms with Gasteiger partial charge in [0.1, 0.15) is 6.61 Å². The molecular formula is C13H17NO2. The van der Waals surface area contributed by atoms with Gasteiger partial charge < -0.3 is 14.8 Å². The third kappa shape index (κ3) is 1.76. The van der Waals surface area contributed by atoms with Gasteiger partial charge in [0.2, 0.25) is 0 Å². The molecule has 2 aliphatic rings. The number of hydrogen-bond donors (Lipinski definition) is 1. The second kappa shape index (κ2) is 3.98. The zero-order valence-corrected chi connectivity index (χ0v) is 9.53. The minimum atomic E-state index is 0.350. The van der Waals surface area contributed by atoms with E-state index in [0.29, 0.717) is 18.7 Å². The molecule has 1 fully saturated rings. The van der Waals surface area contributed by atoms with E-state index in [0.717, 1.165) is 18.1 Å². The Hall–Kier alpha value is -1.22. The summed E-state index contributed by atoms with van der Waals surface area (Å²) in [4.78, 5) is 0. The van der Waals surface area contributed by atoms with Gasteiger partial charge in [-0.15, -0.1) is 0 Å². The summed E-state index contributed by atoms with van der Waals surface area (Å²) in [5, 5.41) is 3.60. The molecule has 3 rings (SSSR count). The molecule has 1 heterocycles. The van der Waals surface area contributed by atoms with E-state index < -0.39 is 0 Å². The molecule has 1 aromatic rings. The largest absolute Gasteiger partial charge is 0.490 e. The van der Waals surface area contributed by atoms with Crippen molar-refractivity contribution in [3.05, 3.63) is 23.8 Å². The maximum atomic E-state index is 5.74. The van der Waals surface area contributed by atoms with Crippen molar-refractivity contribution >= 4 is 0 Å². The zero-order valence-electron chi connectivity index (χ0n) is 9.53. The molecule has 1 aliphatic heterocycles. The molecule has 1 unspecified atom stereocenters. The van der Waals surface area contributed by atoms with E-state index in [9.17, 15) is 0 Å². The normalized spacial score (nSPS) is 22.7. The SMILES string of the molecule is CCOc1cccc2c1OCC2NC1CC1. The summed E-state index contributed by atoms with van der Waals surface area (Å²) >= 11 is 0. The molecule has 16 heavy (non-hydrogen) atoms. The van der Waals surface area contributed by atoms with Gasteiger partial charge in [0.25, 0.3) is 0 Å². The first-order chi connectivity index (χ1) is 7.88. The minimum Gasteiger partial charge on any atom is -0.490 e. The van der Waals surface area contributed by atoms with Crippen LogP contribution in [0.5, 0.6) is 11.5 Å². The molecule has 0 amide bonds. The minimum absolute atomic E-state index is 0.350. The lowest BCUT2D eigenvalue weighted by Gasteiger charge is -2.10. The average Bonchev–Trinajstić information content (AvgIpc) is 3.01. The van der Waals surface area contributed by atoms with Crippen molar-refractivity contribution in [1.82, 2.24) is 5.32 Å². The Labute approximate surface area is 95.8 Å². The van der Waals surface area contributed by atoms with Crippen LogP contribution in [0.15, 0.2) is 18.2 Å². The van der Waals surface area contributed by atoms with E-state index >= 15 is 0 Å². The van der Waals surface area contributed by atoms with Crippen molar-refractivity contribution in [1.29, 1.82) is 0 Å². The second-order valence-corrected chi connectivity index (χ2v) is 4.41. The first-order valence-corrected chi connectivity index (χ1v) is 6.03. The van der Waals surface area contributed by atoms with E-state index in [1.165, 1.54) is 18.4 Å². The van der Waals surface area contributed by atoms with Crippen LogP contribution in [0.2, 0.25) is 0 Å². The maximum Gasteiger partial charge on any atom is 0.166 e. The van der Waals surface area contributed by atoms with Crippen LogP contribution >= 0.6 is 0 Å². The van der Waals surface area contributed by atoms with Gasteiger partial charge in [0.15, 0.2) is 11.5 Å². The molecule has 1 atom stereocenters. The average molecular weight is 219 g/mol. The molecule has 0 bridgehead atoms. The third-order valence-electron chi connectivity index (χ3n) is 3.09. The van der Waals surface area contributed by atoms with Crippen LogP contribution in [-0.4, -0.2) is 19.3 Å². The maximum absolute atomic E-state index is 5.74. The van der Waals surface area contributed by atoms with E-state index in [-0.39, 0.29) is 0 Å². The molecule has 3 nitrogen and oxygen atoms in total. The first kappa shape index (κ1) is 9.97. The van der Waals surface area contributed by atoms with Gasteiger partial charge in [0, 0.05) is 11.6 Å². The van der Waals surface area contributed by atoms with Crippen molar-refractivity contribution in [3.63, 3.8) is 0 Å². The third-order valence-corrected chi connectivity index (χ3v) is 3.09. The van der Waals surface area contributed by atoms with Crippen molar-refractivity contribution in [2.24, 2.45) is 0 Å². The van der Waals surface area contributed by atoms with Gasteiger partial charge >= 0.3 is 0 Å². The number of fused-ring (bicyclic) bond motifs is 1. The standard InChI is InChI=1S/C13H17NO2/c1-2-15-12-5-3-4-10-11(8-16-13(10)12)14-9-6-7-9/h3-5,9,11,14H,2,6-8H2,1H3. The number of para-hydroxylation sites is 1. The summed E-state index contributed by atoms with van der Waals surface area (Å²) < 4.78 is 11.3. The van der Waals surface area contributed by atoms with Crippen LogP contribution in [0.4, 0.5) is 0 Å². The highest BCUT2D eigenvalue weighted by Gasteiger charge is 2.32. The van der Waals surface area contributed by atoms with E-state index in [4.69, 9.17) is 9.47 Å². The topological polar surface area (TPSA) is 30.5 Å². The highest BCUT2D eigenvalue weighted by Crippen LogP contribution is 2.41. The molecule has 0 saturated heterocycles. The molecule has 3 heteroatoms. The van der Waals surface area contributed by atoms with Crippen molar-refractivity contribution in [2.75, 3.05) is 13.2 Å². The predicted octanol–water partition coefficient (Wildman–Crippen LogP) is 2.27. The van der Waals surface area contributed by atoms with Gasteiger partial charge in [-0.2, -0.15) is 0 Å². The van der Waals surface area contributed by atoms with E-state index in [1.54, 1.807) is 0 Å². The molecule has 0 aromatic heterocycles. The van der Waals surface area contributed by atoms with E-state index in [2.05, 4.69) is 11.4 Å². The molecule has 1 saturated carbocycles. The number of hydrogen-bond acceptors (Lipinski definition) is 3. The van der Waals surface area contributed by atoms with Crippen LogP contribution < -0.4 is 14.8 Å².